The number of Topliss-reactive ketones (excluding diaryl/α,β-unsaturated/α-hetero) is 2. The van der Waals surface area contributed by atoms with Gasteiger partial charge in [0.05, 0.1) is 5.75 Å². The predicted molar refractivity (Wildman–Crippen MR) is 116 cm³/mol. The fraction of sp³-hybridized carbons (Fsp3) is 0.583. The minimum absolute atomic E-state index is 0.00563. The van der Waals surface area contributed by atoms with Crippen molar-refractivity contribution in [1.29, 1.82) is 0 Å². The van der Waals surface area contributed by atoms with Gasteiger partial charge in [-0.3, -0.25) is 14.4 Å². The van der Waals surface area contributed by atoms with Crippen molar-refractivity contribution in [3.63, 3.8) is 0 Å². The SMILES string of the molecule is CC12C=CC(=O)C=C1CCC1C2C(=O)CC2(C)C1CC[C@]2(O)C(=O)CSc1ncc[nH]1. The topological polar surface area (TPSA) is 100 Å². The molecule has 0 radical (unpaired) electrons. The molecule has 3 fully saturated rings. The lowest BCUT2D eigenvalue weighted by molar-refractivity contribution is -0.165. The molecule has 31 heavy (non-hydrogen) atoms. The summed E-state index contributed by atoms with van der Waals surface area (Å²) < 4.78 is 0. The second-order valence-electron chi connectivity index (χ2n) is 10.0. The van der Waals surface area contributed by atoms with Gasteiger partial charge in [0.1, 0.15) is 11.4 Å². The fourth-order valence-electron chi connectivity index (χ4n) is 7.07. The van der Waals surface area contributed by atoms with Crippen LogP contribution in [0.2, 0.25) is 0 Å². The summed E-state index contributed by atoms with van der Waals surface area (Å²) >= 11 is 1.29. The molecule has 5 unspecified atom stereocenters. The van der Waals surface area contributed by atoms with Gasteiger partial charge >= 0.3 is 0 Å². The molecule has 3 saturated carbocycles. The third-order valence-electron chi connectivity index (χ3n) is 8.68. The van der Waals surface area contributed by atoms with Crippen LogP contribution in [0.15, 0.2) is 41.4 Å². The van der Waals surface area contributed by atoms with Gasteiger partial charge in [0.15, 0.2) is 16.7 Å². The van der Waals surface area contributed by atoms with Crippen LogP contribution in [0.4, 0.5) is 0 Å². The van der Waals surface area contributed by atoms with E-state index in [-0.39, 0.29) is 47.3 Å². The third-order valence-corrected chi connectivity index (χ3v) is 9.59. The van der Waals surface area contributed by atoms with E-state index >= 15 is 0 Å². The summed E-state index contributed by atoms with van der Waals surface area (Å²) in [4.78, 5) is 45.8. The van der Waals surface area contributed by atoms with Crippen molar-refractivity contribution in [2.24, 2.45) is 28.6 Å². The molecule has 6 atom stereocenters. The highest BCUT2D eigenvalue weighted by Crippen LogP contribution is 2.66. The number of rotatable bonds is 4. The molecular formula is C24H28N2O4S. The number of hydrogen-bond donors (Lipinski definition) is 2. The molecule has 1 heterocycles. The summed E-state index contributed by atoms with van der Waals surface area (Å²) in [7, 11) is 0. The minimum Gasteiger partial charge on any atom is -0.381 e. The van der Waals surface area contributed by atoms with E-state index in [1.165, 1.54) is 11.8 Å². The van der Waals surface area contributed by atoms with Crippen LogP contribution in [0.25, 0.3) is 0 Å². The number of carbonyl (C=O) groups excluding carboxylic acids is 3. The van der Waals surface area contributed by atoms with Gasteiger partial charge in [-0.15, -0.1) is 0 Å². The number of hydrogen-bond acceptors (Lipinski definition) is 6. The van der Waals surface area contributed by atoms with Crippen molar-refractivity contribution in [3.8, 4) is 0 Å². The monoisotopic (exact) mass is 440 g/mol. The van der Waals surface area contributed by atoms with Gasteiger partial charge in [-0.1, -0.05) is 37.3 Å². The molecule has 7 heteroatoms. The summed E-state index contributed by atoms with van der Waals surface area (Å²) in [5.74, 6) is 0.0645. The first-order valence-electron chi connectivity index (χ1n) is 11.0. The molecule has 0 amide bonds. The molecule has 164 valence electrons. The second-order valence-corrected chi connectivity index (χ2v) is 11.0. The Kier molecular flexibility index (Phi) is 4.72. The Morgan fingerprint density at radius 2 is 2.13 bits per heavy atom. The Balaban J connectivity index is 1.43. The average Bonchev–Trinajstić information content (AvgIpc) is 3.33. The lowest BCUT2D eigenvalue weighted by atomic mass is 9.46. The number of nitrogens with zero attached hydrogens (tertiary/aromatic N) is 1. The number of fused-ring (bicyclic) bond motifs is 5. The van der Waals surface area contributed by atoms with Crippen molar-refractivity contribution in [1.82, 2.24) is 9.97 Å². The zero-order valence-electron chi connectivity index (χ0n) is 17.9. The molecule has 0 aliphatic heterocycles. The van der Waals surface area contributed by atoms with Crippen LogP contribution in [0, 0.1) is 28.6 Å². The number of aliphatic hydroxyl groups is 1. The van der Waals surface area contributed by atoms with Crippen LogP contribution in [-0.2, 0) is 14.4 Å². The molecule has 0 aromatic carbocycles. The van der Waals surface area contributed by atoms with Crippen molar-refractivity contribution >= 4 is 29.1 Å². The number of thioether (sulfide) groups is 1. The van der Waals surface area contributed by atoms with E-state index in [9.17, 15) is 19.5 Å². The van der Waals surface area contributed by atoms with E-state index in [0.29, 0.717) is 11.6 Å². The van der Waals surface area contributed by atoms with Gasteiger partial charge < -0.3 is 10.1 Å². The zero-order valence-corrected chi connectivity index (χ0v) is 18.7. The summed E-state index contributed by atoms with van der Waals surface area (Å²) in [5, 5.41) is 12.3. The molecule has 2 N–H and O–H groups in total. The maximum Gasteiger partial charge on any atom is 0.178 e. The highest BCUT2D eigenvalue weighted by Gasteiger charge is 2.68. The van der Waals surface area contributed by atoms with E-state index in [4.69, 9.17) is 0 Å². The van der Waals surface area contributed by atoms with Crippen molar-refractivity contribution in [3.05, 3.63) is 36.2 Å². The quantitative estimate of drug-likeness (QED) is 0.697. The van der Waals surface area contributed by atoms with Crippen LogP contribution in [0.3, 0.4) is 0 Å². The number of ketones is 3. The maximum atomic E-state index is 13.6. The minimum atomic E-state index is -1.49. The average molecular weight is 441 g/mol. The Hall–Kier alpha value is -1.99. The first-order valence-corrected chi connectivity index (χ1v) is 12.0. The Morgan fingerprint density at radius 3 is 2.87 bits per heavy atom. The van der Waals surface area contributed by atoms with Crippen molar-refractivity contribution in [2.75, 3.05) is 5.75 Å². The number of imidazole rings is 1. The molecule has 0 saturated heterocycles. The summed E-state index contributed by atoms with van der Waals surface area (Å²) in [5.41, 5.74) is -1.63. The summed E-state index contributed by atoms with van der Waals surface area (Å²) in [6.07, 6.45) is 11.5. The largest absolute Gasteiger partial charge is 0.381 e. The van der Waals surface area contributed by atoms with Crippen LogP contribution in [-0.4, -0.2) is 43.8 Å². The highest BCUT2D eigenvalue weighted by atomic mass is 32.2. The van der Waals surface area contributed by atoms with Gasteiger partial charge in [0, 0.05) is 35.6 Å². The lowest BCUT2D eigenvalue weighted by Crippen LogP contribution is -2.60. The number of aromatic nitrogens is 2. The Labute approximate surface area is 186 Å². The summed E-state index contributed by atoms with van der Waals surface area (Å²) in [6, 6.07) is 0. The highest BCUT2D eigenvalue weighted by molar-refractivity contribution is 7.99. The van der Waals surface area contributed by atoms with Crippen LogP contribution in [0.1, 0.15) is 46.0 Å². The summed E-state index contributed by atoms with van der Waals surface area (Å²) in [6.45, 7) is 4.02. The molecule has 0 spiro atoms. The Morgan fingerprint density at radius 1 is 1.32 bits per heavy atom. The number of carbonyl (C=O) groups is 3. The van der Waals surface area contributed by atoms with E-state index in [2.05, 4.69) is 16.9 Å². The normalized spacial score (nSPS) is 41.4. The van der Waals surface area contributed by atoms with Gasteiger partial charge in [-0.25, -0.2) is 4.98 Å². The second kappa shape index (κ2) is 7.01. The molecule has 1 aromatic rings. The van der Waals surface area contributed by atoms with Crippen molar-refractivity contribution in [2.45, 2.75) is 56.7 Å². The van der Waals surface area contributed by atoms with E-state index in [0.717, 1.165) is 24.8 Å². The molecule has 0 bridgehead atoms. The molecule has 6 nitrogen and oxygen atoms in total. The van der Waals surface area contributed by atoms with E-state index < -0.39 is 16.4 Å². The number of aromatic amines is 1. The smallest absolute Gasteiger partial charge is 0.178 e. The van der Waals surface area contributed by atoms with Crippen LogP contribution >= 0.6 is 11.8 Å². The molecule has 1 aromatic heterocycles. The van der Waals surface area contributed by atoms with Gasteiger partial charge in [0.2, 0.25) is 0 Å². The third kappa shape index (κ3) is 2.89. The van der Waals surface area contributed by atoms with E-state index in [1.54, 1.807) is 24.5 Å². The molecular weight excluding hydrogens is 412 g/mol. The molecule has 5 rings (SSSR count). The zero-order chi connectivity index (χ0) is 22.0. The predicted octanol–water partition coefficient (Wildman–Crippen LogP) is 3.29. The van der Waals surface area contributed by atoms with Gasteiger partial charge in [-0.2, -0.15) is 0 Å². The number of allylic oxidation sites excluding steroid dienone is 4. The first kappa shape index (κ1) is 20.9. The standard InChI is InChI=1S/C24H28N2O4S/c1-22-7-5-15(27)11-14(22)3-4-16-17-6-8-24(30,23(17,2)12-18(28)20(16)22)19(29)13-31-21-25-9-10-26-21/h5,7,9-11,16-17,20,30H,3-4,6,8,12-13H2,1-2H3,(H,25,26)/t16?,17?,20?,22?,23?,24-/m0/s1. The molecule has 4 aliphatic rings. The lowest BCUT2D eigenvalue weighted by Gasteiger charge is -2.56. The maximum absolute atomic E-state index is 13.6. The molecule has 4 aliphatic carbocycles. The van der Waals surface area contributed by atoms with Crippen molar-refractivity contribution < 1.29 is 19.5 Å². The Bertz CT molecular complexity index is 1010. The first-order chi connectivity index (χ1) is 14.7. The van der Waals surface area contributed by atoms with Crippen LogP contribution < -0.4 is 0 Å². The van der Waals surface area contributed by atoms with Gasteiger partial charge in [-0.05, 0) is 49.7 Å². The number of nitrogens with one attached hydrogen (secondary N) is 1. The van der Waals surface area contributed by atoms with E-state index in [1.807, 2.05) is 13.0 Å². The van der Waals surface area contributed by atoms with Crippen LogP contribution in [0.5, 0.6) is 0 Å². The van der Waals surface area contributed by atoms with Gasteiger partial charge in [0.25, 0.3) is 0 Å². The fourth-order valence-corrected chi connectivity index (χ4v) is 7.87. The number of H-pyrrole nitrogens is 1.